The van der Waals surface area contributed by atoms with Gasteiger partial charge < -0.3 is 9.09 Å². The summed E-state index contributed by atoms with van der Waals surface area (Å²) < 4.78 is 7.46. The fraction of sp³-hybridized carbons (Fsp3) is 0.227. The van der Waals surface area contributed by atoms with E-state index in [0.717, 1.165) is 17.6 Å². The topological polar surface area (TPSA) is 60.9 Å². The van der Waals surface area contributed by atoms with E-state index >= 15 is 0 Å². The molecule has 4 aromatic rings. The Balaban J connectivity index is 1.79. The number of benzene rings is 2. The van der Waals surface area contributed by atoms with Gasteiger partial charge in [0.15, 0.2) is 0 Å². The standard InChI is InChI=1S/C22H21N3O2/c1-4-25-13-18(20(26)17-7-5-6-8-19(17)25)22-23-21(24-27-22)16-11-9-15(10-12-16)14(2)3/h5-14H,4H2,1-3H3. The first-order valence-electron chi connectivity index (χ1n) is 9.15. The lowest BCUT2D eigenvalue weighted by Gasteiger charge is -2.09. The van der Waals surface area contributed by atoms with Crippen molar-refractivity contribution in [2.45, 2.75) is 33.2 Å². The van der Waals surface area contributed by atoms with Gasteiger partial charge in [-0.2, -0.15) is 4.98 Å². The van der Waals surface area contributed by atoms with Crippen LogP contribution in [-0.2, 0) is 6.54 Å². The number of pyridine rings is 1. The zero-order chi connectivity index (χ0) is 19.0. The van der Waals surface area contributed by atoms with E-state index in [2.05, 4.69) is 36.1 Å². The number of aryl methyl sites for hydroxylation is 1. The SMILES string of the molecule is CCn1cc(-c2nc(-c3ccc(C(C)C)cc3)no2)c(=O)c2ccccc21. The van der Waals surface area contributed by atoms with E-state index in [-0.39, 0.29) is 11.3 Å². The Labute approximate surface area is 157 Å². The van der Waals surface area contributed by atoms with Crippen molar-refractivity contribution in [3.63, 3.8) is 0 Å². The Kier molecular flexibility index (Phi) is 4.36. The fourth-order valence-corrected chi connectivity index (χ4v) is 3.23. The summed E-state index contributed by atoms with van der Waals surface area (Å²) in [6, 6.07) is 15.7. The number of nitrogens with zero attached hydrogens (tertiary/aromatic N) is 3. The van der Waals surface area contributed by atoms with Crippen LogP contribution >= 0.6 is 0 Å². The van der Waals surface area contributed by atoms with E-state index in [9.17, 15) is 4.79 Å². The number of fused-ring (bicyclic) bond motifs is 1. The molecule has 0 aliphatic carbocycles. The number of hydrogen-bond donors (Lipinski definition) is 0. The second-order valence-corrected chi connectivity index (χ2v) is 6.87. The Morgan fingerprint density at radius 1 is 1.07 bits per heavy atom. The maximum Gasteiger partial charge on any atom is 0.263 e. The average molecular weight is 359 g/mol. The van der Waals surface area contributed by atoms with Crippen molar-refractivity contribution < 1.29 is 4.52 Å². The third-order valence-corrected chi connectivity index (χ3v) is 4.82. The van der Waals surface area contributed by atoms with E-state index in [1.54, 1.807) is 6.20 Å². The lowest BCUT2D eigenvalue weighted by molar-refractivity contribution is 0.431. The molecule has 0 bridgehead atoms. The molecule has 2 aromatic carbocycles. The summed E-state index contributed by atoms with van der Waals surface area (Å²) in [4.78, 5) is 17.4. The van der Waals surface area contributed by atoms with E-state index in [4.69, 9.17) is 4.52 Å². The summed E-state index contributed by atoms with van der Waals surface area (Å²) in [6.45, 7) is 7.08. The summed E-state index contributed by atoms with van der Waals surface area (Å²) in [5, 5.41) is 4.73. The molecule has 0 fully saturated rings. The van der Waals surface area contributed by atoms with Gasteiger partial charge >= 0.3 is 0 Å². The van der Waals surface area contributed by atoms with E-state index in [0.29, 0.717) is 22.7 Å². The zero-order valence-electron chi connectivity index (χ0n) is 15.6. The summed E-state index contributed by atoms with van der Waals surface area (Å²) >= 11 is 0. The molecule has 0 radical (unpaired) electrons. The molecule has 0 aliphatic heterocycles. The molecule has 0 atom stereocenters. The molecule has 4 rings (SSSR count). The Hall–Kier alpha value is -3.21. The number of aromatic nitrogens is 3. The number of hydrogen-bond acceptors (Lipinski definition) is 4. The predicted octanol–water partition coefficient (Wildman–Crippen LogP) is 4.86. The molecule has 0 aliphatic rings. The van der Waals surface area contributed by atoms with Gasteiger partial charge in [0.05, 0.1) is 5.52 Å². The fourth-order valence-electron chi connectivity index (χ4n) is 3.23. The summed E-state index contributed by atoms with van der Waals surface area (Å²) in [7, 11) is 0. The van der Waals surface area contributed by atoms with E-state index in [1.165, 1.54) is 5.56 Å². The molecule has 0 saturated heterocycles. The van der Waals surface area contributed by atoms with Gasteiger partial charge in [-0.25, -0.2) is 0 Å². The molecule has 5 nitrogen and oxygen atoms in total. The van der Waals surface area contributed by atoms with Gasteiger partial charge in [-0.15, -0.1) is 0 Å². The molecular weight excluding hydrogens is 338 g/mol. The van der Waals surface area contributed by atoms with Crippen LogP contribution < -0.4 is 5.43 Å². The molecule has 5 heteroatoms. The molecular formula is C22H21N3O2. The van der Waals surface area contributed by atoms with Gasteiger partial charge in [0.2, 0.25) is 11.3 Å². The van der Waals surface area contributed by atoms with Crippen molar-refractivity contribution in [2.75, 3.05) is 0 Å². The van der Waals surface area contributed by atoms with Crippen LogP contribution in [0, 0.1) is 0 Å². The van der Waals surface area contributed by atoms with Gasteiger partial charge in [-0.05, 0) is 30.5 Å². The maximum atomic E-state index is 12.9. The lowest BCUT2D eigenvalue weighted by Crippen LogP contribution is -2.11. The van der Waals surface area contributed by atoms with Crippen LogP contribution in [0.15, 0.2) is 64.0 Å². The third kappa shape index (κ3) is 3.05. The normalized spacial score (nSPS) is 11.4. The number of para-hydroxylation sites is 1. The second-order valence-electron chi connectivity index (χ2n) is 6.87. The number of rotatable bonds is 4. The van der Waals surface area contributed by atoms with Crippen LogP contribution in [0.4, 0.5) is 0 Å². The van der Waals surface area contributed by atoms with Crippen molar-refractivity contribution in [1.82, 2.24) is 14.7 Å². The molecule has 0 unspecified atom stereocenters. The van der Waals surface area contributed by atoms with Crippen LogP contribution in [0.5, 0.6) is 0 Å². The first kappa shape index (κ1) is 17.2. The minimum absolute atomic E-state index is 0.0966. The summed E-state index contributed by atoms with van der Waals surface area (Å²) in [5.41, 5.74) is 3.35. The molecule has 2 heterocycles. The minimum Gasteiger partial charge on any atom is -0.347 e. The van der Waals surface area contributed by atoms with Crippen molar-refractivity contribution in [3.05, 3.63) is 70.5 Å². The molecule has 136 valence electrons. The van der Waals surface area contributed by atoms with E-state index < -0.39 is 0 Å². The first-order chi connectivity index (χ1) is 13.1. The average Bonchev–Trinajstić information content (AvgIpc) is 3.18. The highest BCUT2D eigenvalue weighted by Crippen LogP contribution is 2.24. The van der Waals surface area contributed by atoms with Crippen molar-refractivity contribution >= 4 is 10.9 Å². The van der Waals surface area contributed by atoms with Gasteiger partial charge in [-0.3, -0.25) is 4.79 Å². The van der Waals surface area contributed by atoms with Crippen molar-refractivity contribution in [2.24, 2.45) is 0 Å². The Morgan fingerprint density at radius 2 is 1.81 bits per heavy atom. The quantitative estimate of drug-likeness (QED) is 0.522. The highest BCUT2D eigenvalue weighted by atomic mass is 16.5. The molecule has 0 saturated carbocycles. The predicted molar refractivity (Wildman–Crippen MR) is 107 cm³/mol. The van der Waals surface area contributed by atoms with Crippen LogP contribution in [0.3, 0.4) is 0 Å². The highest BCUT2D eigenvalue weighted by Gasteiger charge is 2.17. The largest absolute Gasteiger partial charge is 0.347 e. The molecule has 27 heavy (non-hydrogen) atoms. The Morgan fingerprint density at radius 3 is 2.52 bits per heavy atom. The zero-order valence-corrected chi connectivity index (χ0v) is 15.6. The third-order valence-electron chi connectivity index (χ3n) is 4.82. The van der Waals surface area contributed by atoms with Gasteiger partial charge in [0, 0.05) is 23.7 Å². The highest BCUT2D eigenvalue weighted by molar-refractivity contribution is 5.82. The Bertz CT molecular complexity index is 1150. The summed E-state index contributed by atoms with van der Waals surface area (Å²) in [6.07, 6.45) is 1.80. The first-order valence-corrected chi connectivity index (χ1v) is 9.15. The van der Waals surface area contributed by atoms with Gasteiger partial charge in [-0.1, -0.05) is 55.4 Å². The van der Waals surface area contributed by atoms with Crippen LogP contribution in [0.25, 0.3) is 33.7 Å². The smallest absolute Gasteiger partial charge is 0.263 e. The van der Waals surface area contributed by atoms with Crippen LogP contribution in [0.1, 0.15) is 32.3 Å². The maximum absolute atomic E-state index is 12.9. The molecule has 2 aromatic heterocycles. The molecule has 0 spiro atoms. The van der Waals surface area contributed by atoms with Crippen molar-refractivity contribution in [3.8, 4) is 22.8 Å². The molecule has 0 amide bonds. The van der Waals surface area contributed by atoms with Gasteiger partial charge in [0.1, 0.15) is 5.56 Å². The second kappa shape index (κ2) is 6.83. The van der Waals surface area contributed by atoms with Crippen molar-refractivity contribution in [1.29, 1.82) is 0 Å². The molecule has 0 N–H and O–H groups in total. The van der Waals surface area contributed by atoms with Gasteiger partial charge in [0.25, 0.3) is 5.89 Å². The van der Waals surface area contributed by atoms with E-state index in [1.807, 2.05) is 47.9 Å². The van der Waals surface area contributed by atoms with Crippen LogP contribution in [0.2, 0.25) is 0 Å². The van der Waals surface area contributed by atoms with Crippen LogP contribution in [-0.4, -0.2) is 14.7 Å². The minimum atomic E-state index is -0.0966. The summed E-state index contributed by atoms with van der Waals surface area (Å²) in [5.74, 6) is 1.19. The monoisotopic (exact) mass is 359 g/mol. The lowest BCUT2D eigenvalue weighted by atomic mass is 10.0.